The summed E-state index contributed by atoms with van der Waals surface area (Å²) in [4.78, 5) is 11.1. The van der Waals surface area contributed by atoms with Crippen molar-refractivity contribution in [3.63, 3.8) is 0 Å². The second-order valence-corrected chi connectivity index (χ2v) is 3.33. The standard InChI is InChI=1S/C8H15NO3/c1-6(2)12-8(7(9)10)3-4-11-5-8/h6H,3-5H2,1-2H3,(H2,9,10). The van der Waals surface area contributed by atoms with Gasteiger partial charge in [0.15, 0.2) is 5.60 Å². The lowest BCUT2D eigenvalue weighted by atomic mass is 10.0. The van der Waals surface area contributed by atoms with Crippen molar-refractivity contribution < 1.29 is 14.3 Å². The molecule has 1 aliphatic rings. The summed E-state index contributed by atoms with van der Waals surface area (Å²) in [6, 6.07) is 0. The molecule has 70 valence electrons. The summed E-state index contributed by atoms with van der Waals surface area (Å²) in [6.07, 6.45) is 0.569. The molecule has 1 fully saturated rings. The third kappa shape index (κ3) is 1.76. The molecule has 1 amide bonds. The number of amides is 1. The number of hydrogen-bond acceptors (Lipinski definition) is 3. The van der Waals surface area contributed by atoms with Gasteiger partial charge in [-0.1, -0.05) is 0 Å². The molecular weight excluding hydrogens is 158 g/mol. The van der Waals surface area contributed by atoms with Crippen molar-refractivity contribution in [2.24, 2.45) is 5.73 Å². The van der Waals surface area contributed by atoms with Gasteiger partial charge in [0, 0.05) is 6.42 Å². The van der Waals surface area contributed by atoms with Crippen LogP contribution in [0.5, 0.6) is 0 Å². The lowest BCUT2D eigenvalue weighted by Gasteiger charge is -2.26. The van der Waals surface area contributed by atoms with Gasteiger partial charge in [-0.3, -0.25) is 4.79 Å². The lowest BCUT2D eigenvalue weighted by molar-refractivity contribution is -0.149. The second kappa shape index (κ2) is 3.41. The number of carbonyl (C=O) groups excluding carboxylic acids is 1. The predicted octanol–water partition coefficient (Wildman–Crippen LogP) is 0.0558. The summed E-state index contributed by atoms with van der Waals surface area (Å²) in [5.74, 6) is -0.422. The molecule has 1 aliphatic heterocycles. The molecule has 1 rings (SSSR count). The Hall–Kier alpha value is -0.610. The normalized spacial score (nSPS) is 29.6. The number of nitrogens with two attached hydrogens (primary N) is 1. The first-order valence-corrected chi connectivity index (χ1v) is 4.12. The van der Waals surface area contributed by atoms with Gasteiger partial charge in [-0.05, 0) is 13.8 Å². The van der Waals surface area contributed by atoms with Gasteiger partial charge in [0.1, 0.15) is 0 Å². The van der Waals surface area contributed by atoms with Gasteiger partial charge in [-0.2, -0.15) is 0 Å². The first-order valence-electron chi connectivity index (χ1n) is 4.12. The van der Waals surface area contributed by atoms with E-state index >= 15 is 0 Å². The van der Waals surface area contributed by atoms with Crippen molar-refractivity contribution in [3.05, 3.63) is 0 Å². The van der Waals surface area contributed by atoms with Crippen molar-refractivity contribution in [2.45, 2.75) is 32.0 Å². The average Bonchev–Trinajstić information content (AvgIpc) is 2.35. The summed E-state index contributed by atoms with van der Waals surface area (Å²) in [6.45, 7) is 4.60. The van der Waals surface area contributed by atoms with Crippen molar-refractivity contribution in [1.29, 1.82) is 0 Å². The van der Waals surface area contributed by atoms with E-state index < -0.39 is 11.5 Å². The van der Waals surface area contributed by atoms with E-state index in [4.69, 9.17) is 15.2 Å². The van der Waals surface area contributed by atoms with Crippen molar-refractivity contribution in [1.82, 2.24) is 0 Å². The van der Waals surface area contributed by atoms with E-state index in [-0.39, 0.29) is 6.10 Å². The Morgan fingerprint density at radius 2 is 2.33 bits per heavy atom. The van der Waals surface area contributed by atoms with Crippen LogP contribution in [0.3, 0.4) is 0 Å². The molecule has 1 heterocycles. The van der Waals surface area contributed by atoms with Crippen molar-refractivity contribution >= 4 is 5.91 Å². The SMILES string of the molecule is CC(C)OC1(C(N)=O)CCOC1. The summed E-state index contributed by atoms with van der Waals surface area (Å²) < 4.78 is 10.6. The molecule has 4 nitrogen and oxygen atoms in total. The van der Waals surface area contributed by atoms with Crippen LogP contribution in [-0.2, 0) is 14.3 Å². The molecule has 0 radical (unpaired) electrons. The first-order chi connectivity index (χ1) is 5.57. The molecule has 0 aliphatic carbocycles. The van der Waals surface area contributed by atoms with Crippen LogP contribution in [0.25, 0.3) is 0 Å². The molecular formula is C8H15NO3. The average molecular weight is 173 g/mol. The molecule has 1 unspecified atom stereocenters. The van der Waals surface area contributed by atoms with E-state index in [0.717, 1.165) is 0 Å². The van der Waals surface area contributed by atoms with Crippen LogP contribution in [0.1, 0.15) is 20.3 Å². The van der Waals surface area contributed by atoms with Crippen LogP contribution in [0.4, 0.5) is 0 Å². The third-order valence-corrected chi connectivity index (χ3v) is 1.90. The Labute approximate surface area is 72.0 Å². The number of carbonyl (C=O) groups is 1. The minimum absolute atomic E-state index is 0.000741. The maximum atomic E-state index is 11.1. The van der Waals surface area contributed by atoms with E-state index in [2.05, 4.69) is 0 Å². The van der Waals surface area contributed by atoms with Crippen molar-refractivity contribution in [2.75, 3.05) is 13.2 Å². The van der Waals surface area contributed by atoms with Crippen LogP contribution in [0, 0.1) is 0 Å². The van der Waals surface area contributed by atoms with Gasteiger partial charge in [0.25, 0.3) is 5.91 Å². The first kappa shape index (κ1) is 9.48. The van der Waals surface area contributed by atoms with Crippen LogP contribution >= 0.6 is 0 Å². The maximum Gasteiger partial charge on any atom is 0.252 e. The highest BCUT2D eigenvalue weighted by molar-refractivity contribution is 5.84. The Balaban J connectivity index is 2.65. The van der Waals surface area contributed by atoms with Gasteiger partial charge in [0.05, 0.1) is 19.3 Å². The van der Waals surface area contributed by atoms with E-state index in [1.54, 1.807) is 0 Å². The zero-order valence-corrected chi connectivity index (χ0v) is 7.50. The fraction of sp³-hybridized carbons (Fsp3) is 0.875. The van der Waals surface area contributed by atoms with Gasteiger partial charge in [-0.15, -0.1) is 0 Å². The largest absolute Gasteiger partial charge is 0.378 e. The van der Waals surface area contributed by atoms with E-state index in [0.29, 0.717) is 19.6 Å². The molecule has 1 atom stereocenters. The molecule has 4 heteroatoms. The smallest absolute Gasteiger partial charge is 0.252 e. The number of rotatable bonds is 3. The van der Waals surface area contributed by atoms with E-state index in [1.165, 1.54) is 0 Å². The highest BCUT2D eigenvalue weighted by Crippen LogP contribution is 2.24. The Kier molecular flexibility index (Phi) is 2.69. The second-order valence-electron chi connectivity index (χ2n) is 3.33. The quantitative estimate of drug-likeness (QED) is 0.656. The highest BCUT2D eigenvalue weighted by Gasteiger charge is 2.42. The summed E-state index contributed by atoms with van der Waals surface area (Å²) in [5, 5.41) is 0. The lowest BCUT2D eigenvalue weighted by Crippen LogP contribution is -2.48. The minimum atomic E-state index is -0.867. The zero-order chi connectivity index (χ0) is 9.19. The minimum Gasteiger partial charge on any atom is -0.378 e. The van der Waals surface area contributed by atoms with E-state index in [9.17, 15) is 4.79 Å². The predicted molar refractivity (Wildman–Crippen MR) is 43.6 cm³/mol. The number of hydrogen-bond donors (Lipinski definition) is 1. The number of primary amides is 1. The molecule has 0 saturated carbocycles. The molecule has 1 saturated heterocycles. The van der Waals surface area contributed by atoms with Crippen LogP contribution in [0.15, 0.2) is 0 Å². The summed E-state index contributed by atoms with van der Waals surface area (Å²) in [7, 11) is 0. The molecule has 0 aromatic rings. The van der Waals surface area contributed by atoms with Gasteiger partial charge >= 0.3 is 0 Å². The monoisotopic (exact) mass is 173 g/mol. The van der Waals surface area contributed by atoms with Crippen LogP contribution < -0.4 is 5.73 Å². The molecule has 0 aromatic heterocycles. The molecule has 0 bridgehead atoms. The maximum absolute atomic E-state index is 11.1. The fourth-order valence-electron chi connectivity index (χ4n) is 1.34. The molecule has 0 spiro atoms. The van der Waals surface area contributed by atoms with Crippen LogP contribution in [0.2, 0.25) is 0 Å². The highest BCUT2D eigenvalue weighted by atomic mass is 16.6. The third-order valence-electron chi connectivity index (χ3n) is 1.90. The van der Waals surface area contributed by atoms with Gasteiger partial charge < -0.3 is 15.2 Å². The zero-order valence-electron chi connectivity index (χ0n) is 7.50. The molecule has 0 aromatic carbocycles. The Bertz CT molecular complexity index is 173. The fourth-order valence-corrected chi connectivity index (χ4v) is 1.34. The summed E-state index contributed by atoms with van der Waals surface area (Å²) >= 11 is 0. The Morgan fingerprint density at radius 1 is 1.67 bits per heavy atom. The van der Waals surface area contributed by atoms with Crippen LogP contribution in [-0.4, -0.2) is 30.8 Å². The Morgan fingerprint density at radius 3 is 2.67 bits per heavy atom. The summed E-state index contributed by atoms with van der Waals surface area (Å²) in [5.41, 5.74) is 4.37. The topological polar surface area (TPSA) is 61.5 Å². The molecule has 12 heavy (non-hydrogen) atoms. The van der Waals surface area contributed by atoms with Crippen molar-refractivity contribution in [3.8, 4) is 0 Å². The molecule has 2 N–H and O–H groups in total. The van der Waals surface area contributed by atoms with E-state index in [1.807, 2.05) is 13.8 Å². The van der Waals surface area contributed by atoms with Gasteiger partial charge in [0.2, 0.25) is 0 Å². The van der Waals surface area contributed by atoms with Gasteiger partial charge in [-0.25, -0.2) is 0 Å². The number of ether oxygens (including phenoxy) is 2.